The van der Waals surface area contributed by atoms with E-state index in [1.54, 1.807) is 6.07 Å². The molecule has 0 unspecified atom stereocenters. The summed E-state index contributed by atoms with van der Waals surface area (Å²) in [7, 11) is 0. The molecule has 4 fully saturated rings. The summed E-state index contributed by atoms with van der Waals surface area (Å²) in [5.74, 6) is 2.83. The highest BCUT2D eigenvalue weighted by atomic mass is 18.2. The van der Waals surface area contributed by atoms with E-state index in [-0.39, 0.29) is 11.4 Å². The summed E-state index contributed by atoms with van der Waals surface area (Å²) in [5, 5.41) is 3.17. The van der Waals surface area contributed by atoms with Gasteiger partial charge in [0, 0.05) is 5.69 Å². The van der Waals surface area contributed by atoms with Crippen molar-refractivity contribution in [2.75, 3.05) is 5.32 Å². The molecule has 4 heteroatoms. The molecule has 4 bridgehead atoms. The molecule has 3 N–H and O–H groups in total. The number of nitrogens with one attached hydrogen (secondary N) is 1. The predicted molar refractivity (Wildman–Crippen MR) is 87.3 cm³/mol. The van der Waals surface area contributed by atoms with Gasteiger partial charge in [-0.3, -0.25) is 0 Å². The first-order valence-electron chi connectivity index (χ1n) is 8.40. The number of guanidine groups is 1. The van der Waals surface area contributed by atoms with Gasteiger partial charge in [-0.05, 0) is 87.0 Å². The Kier molecular flexibility index (Phi) is 3.17. The fourth-order valence-electron chi connectivity index (χ4n) is 5.39. The zero-order valence-electron chi connectivity index (χ0n) is 13.1. The van der Waals surface area contributed by atoms with Crippen molar-refractivity contribution in [2.45, 2.75) is 51.0 Å². The van der Waals surface area contributed by atoms with E-state index >= 15 is 0 Å². The quantitative estimate of drug-likeness (QED) is 0.644. The molecule has 1 aromatic carbocycles. The molecule has 1 aromatic rings. The van der Waals surface area contributed by atoms with E-state index in [2.05, 4.69) is 5.32 Å². The zero-order chi connectivity index (χ0) is 15.3. The van der Waals surface area contributed by atoms with Crippen LogP contribution < -0.4 is 11.1 Å². The van der Waals surface area contributed by atoms with Crippen LogP contribution in [0.1, 0.15) is 44.1 Å². The number of hydrogen-bond donors (Lipinski definition) is 2. The maximum absolute atomic E-state index is 13.2. The molecule has 0 spiro atoms. The van der Waals surface area contributed by atoms with Crippen LogP contribution in [0.4, 0.5) is 10.1 Å². The van der Waals surface area contributed by atoms with Crippen molar-refractivity contribution in [3.8, 4) is 0 Å². The van der Waals surface area contributed by atoms with Crippen LogP contribution in [0.3, 0.4) is 0 Å². The lowest BCUT2D eigenvalue weighted by molar-refractivity contribution is 0.00163. The van der Waals surface area contributed by atoms with E-state index in [1.807, 2.05) is 6.92 Å². The Hall–Kier alpha value is -1.58. The van der Waals surface area contributed by atoms with Crippen molar-refractivity contribution in [1.82, 2.24) is 0 Å². The Balaban J connectivity index is 1.54. The van der Waals surface area contributed by atoms with Crippen molar-refractivity contribution < 1.29 is 4.39 Å². The molecule has 0 saturated heterocycles. The average Bonchev–Trinajstić information content (AvgIpc) is 2.39. The highest BCUT2D eigenvalue weighted by Crippen LogP contribution is 2.57. The van der Waals surface area contributed by atoms with E-state index in [0.717, 1.165) is 29.0 Å². The SMILES string of the molecule is Cc1cc([18F])ccc1NC(N)=NC12CC3CC(CC(C3)C1)C2. The lowest BCUT2D eigenvalue weighted by Gasteiger charge is -2.54. The van der Waals surface area contributed by atoms with Crippen LogP contribution in [0.2, 0.25) is 0 Å². The molecule has 4 aliphatic rings. The van der Waals surface area contributed by atoms with Crippen molar-refractivity contribution in [1.29, 1.82) is 0 Å². The minimum atomic E-state index is -0.223. The molecule has 0 radical (unpaired) electrons. The summed E-state index contributed by atoms with van der Waals surface area (Å²) in [6.07, 6.45) is 7.80. The number of rotatable bonds is 2. The van der Waals surface area contributed by atoms with Gasteiger partial charge in [-0.15, -0.1) is 0 Å². The summed E-state index contributed by atoms with van der Waals surface area (Å²) in [5.41, 5.74) is 7.94. The maximum atomic E-state index is 13.2. The lowest BCUT2D eigenvalue weighted by atomic mass is 9.53. The number of nitrogens with two attached hydrogens (primary N) is 1. The fourth-order valence-corrected chi connectivity index (χ4v) is 5.39. The van der Waals surface area contributed by atoms with Crippen LogP contribution in [-0.4, -0.2) is 11.5 Å². The van der Waals surface area contributed by atoms with Crippen LogP contribution in [0.25, 0.3) is 0 Å². The third-order valence-electron chi connectivity index (χ3n) is 5.81. The highest BCUT2D eigenvalue weighted by molar-refractivity contribution is 5.93. The summed E-state index contributed by atoms with van der Waals surface area (Å²) in [6.45, 7) is 1.88. The van der Waals surface area contributed by atoms with Crippen molar-refractivity contribution >= 4 is 11.6 Å². The molecule has 4 saturated carbocycles. The van der Waals surface area contributed by atoms with Crippen LogP contribution in [-0.2, 0) is 0 Å². The van der Waals surface area contributed by atoms with Crippen LogP contribution >= 0.6 is 0 Å². The second kappa shape index (κ2) is 4.97. The first-order chi connectivity index (χ1) is 10.5. The fraction of sp³-hybridized carbons (Fsp3) is 0.611. The number of aryl methyl sites for hydroxylation is 1. The normalized spacial score (nSPS) is 36.6. The summed E-state index contributed by atoms with van der Waals surface area (Å²) in [4.78, 5) is 4.92. The van der Waals surface area contributed by atoms with Gasteiger partial charge in [0.15, 0.2) is 5.96 Å². The third kappa shape index (κ3) is 2.49. The van der Waals surface area contributed by atoms with Crippen LogP contribution in [0.15, 0.2) is 23.2 Å². The van der Waals surface area contributed by atoms with Crippen molar-refractivity contribution in [2.24, 2.45) is 28.5 Å². The van der Waals surface area contributed by atoms with E-state index in [0.29, 0.717) is 5.96 Å². The standard InChI is InChI=1S/C18H24FN3/c1-11-4-15(19)2-3-16(11)21-17(20)22-18-8-12-5-13(9-18)7-14(6-12)10-18/h2-4,12-14H,5-10H2,1H3,(H3,20,21,22)/i19-1. The minimum Gasteiger partial charge on any atom is -0.370 e. The van der Waals surface area contributed by atoms with Gasteiger partial charge in [0.1, 0.15) is 5.82 Å². The first kappa shape index (κ1) is 14.0. The van der Waals surface area contributed by atoms with Gasteiger partial charge < -0.3 is 11.1 Å². The van der Waals surface area contributed by atoms with Gasteiger partial charge >= 0.3 is 0 Å². The predicted octanol–water partition coefficient (Wildman–Crippen LogP) is 3.83. The highest BCUT2D eigenvalue weighted by Gasteiger charge is 2.51. The smallest absolute Gasteiger partial charge is 0.193 e. The Morgan fingerprint density at radius 1 is 1.18 bits per heavy atom. The Bertz CT molecular complexity index is 587. The van der Waals surface area contributed by atoms with Gasteiger partial charge in [-0.1, -0.05) is 0 Å². The molecule has 3 nitrogen and oxygen atoms in total. The summed E-state index contributed by atoms with van der Waals surface area (Å²) in [6, 6.07) is 4.69. The van der Waals surface area contributed by atoms with E-state index in [1.165, 1.54) is 50.7 Å². The number of halogens is 1. The van der Waals surface area contributed by atoms with Gasteiger partial charge in [0.05, 0.1) is 5.54 Å². The number of anilines is 1. The molecule has 22 heavy (non-hydrogen) atoms. The molecule has 118 valence electrons. The molecule has 0 atom stereocenters. The summed E-state index contributed by atoms with van der Waals surface area (Å²) < 4.78 is 13.2. The molecule has 0 aliphatic heterocycles. The second-order valence-electron chi connectivity index (χ2n) is 7.72. The maximum Gasteiger partial charge on any atom is 0.193 e. The van der Waals surface area contributed by atoms with E-state index < -0.39 is 0 Å². The number of nitrogens with zero attached hydrogens (tertiary/aromatic N) is 1. The number of benzene rings is 1. The van der Waals surface area contributed by atoms with Crippen LogP contribution in [0, 0.1) is 30.5 Å². The van der Waals surface area contributed by atoms with Gasteiger partial charge in [0.2, 0.25) is 0 Å². The lowest BCUT2D eigenvalue weighted by Crippen LogP contribution is -2.50. The molecule has 0 amide bonds. The Morgan fingerprint density at radius 3 is 2.32 bits per heavy atom. The largest absolute Gasteiger partial charge is 0.370 e. The van der Waals surface area contributed by atoms with Gasteiger partial charge in [-0.25, -0.2) is 9.38 Å². The van der Waals surface area contributed by atoms with Crippen molar-refractivity contribution in [3.63, 3.8) is 0 Å². The molecular formula is C18H24FN3. The van der Waals surface area contributed by atoms with Crippen LogP contribution in [0.5, 0.6) is 0 Å². The number of aliphatic imine (C=N–C) groups is 1. The third-order valence-corrected chi connectivity index (χ3v) is 5.81. The molecule has 0 aromatic heterocycles. The summed E-state index contributed by atoms with van der Waals surface area (Å²) >= 11 is 0. The van der Waals surface area contributed by atoms with Gasteiger partial charge in [0.25, 0.3) is 0 Å². The Labute approximate surface area is 131 Å². The second-order valence-corrected chi connectivity index (χ2v) is 7.72. The van der Waals surface area contributed by atoms with Gasteiger partial charge in [-0.2, -0.15) is 0 Å². The van der Waals surface area contributed by atoms with E-state index in [9.17, 15) is 4.39 Å². The molecule has 4 aliphatic carbocycles. The molecule has 0 heterocycles. The zero-order valence-corrected chi connectivity index (χ0v) is 13.1. The minimum absolute atomic E-state index is 0.0692. The first-order valence-corrected chi connectivity index (χ1v) is 8.40. The monoisotopic (exact) mass is 300 g/mol. The molecular weight excluding hydrogens is 276 g/mol. The topological polar surface area (TPSA) is 50.4 Å². The van der Waals surface area contributed by atoms with E-state index in [4.69, 9.17) is 10.7 Å². The molecule has 5 rings (SSSR count). The van der Waals surface area contributed by atoms with Crippen molar-refractivity contribution in [3.05, 3.63) is 29.6 Å². The Morgan fingerprint density at radius 2 is 1.77 bits per heavy atom. The number of hydrogen-bond acceptors (Lipinski definition) is 1. The average molecular weight is 300 g/mol.